The van der Waals surface area contributed by atoms with E-state index in [0.29, 0.717) is 37.4 Å². The van der Waals surface area contributed by atoms with Gasteiger partial charge in [-0.2, -0.15) is 0 Å². The average molecular weight is 598 g/mol. The number of benzene rings is 2. The summed E-state index contributed by atoms with van der Waals surface area (Å²) in [4.78, 5) is 16.1. The van der Waals surface area contributed by atoms with E-state index in [1.807, 2.05) is 25.1 Å². The minimum atomic E-state index is -0.770. The molecule has 234 valence electrons. The van der Waals surface area contributed by atoms with E-state index in [0.717, 1.165) is 67.1 Å². The van der Waals surface area contributed by atoms with Crippen molar-refractivity contribution in [1.82, 2.24) is 4.98 Å². The quantitative estimate of drug-likeness (QED) is 0.166. The molecule has 0 aliphatic heterocycles. The van der Waals surface area contributed by atoms with Gasteiger partial charge in [0.25, 0.3) is 0 Å². The maximum absolute atomic E-state index is 11.2. The molecule has 0 spiro atoms. The van der Waals surface area contributed by atoms with Gasteiger partial charge in [-0.25, -0.2) is 4.98 Å². The van der Waals surface area contributed by atoms with Gasteiger partial charge in [0.15, 0.2) is 0 Å². The van der Waals surface area contributed by atoms with Gasteiger partial charge in [-0.1, -0.05) is 74.7 Å². The van der Waals surface area contributed by atoms with Crippen molar-refractivity contribution >= 4 is 17.1 Å². The lowest BCUT2D eigenvalue weighted by atomic mass is 9.84. The number of hydrogen-bond donors (Lipinski definition) is 1. The minimum absolute atomic E-state index is 0.134. The summed E-state index contributed by atoms with van der Waals surface area (Å²) in [5.41, 5.74) is 6.93. The maximum Gasteiger partial charge on any atom is 0.303 e. The second-order valence-electron chi connectivity index (χ2n) is 12.3. The zero-order chi connectivity index (χ0) is 30.7. The molecule has 1 N–H and O–H groups in total. The Morgan fingerprint density at radius 3 is 2.55 bits per heavy atom. The smallest absolute Gasteiger partial charge is 0.303 e. The lowest BCUT2D eigenvalue weighted by Crippen LogP contribution is -2.08. The molecule has 1 saturated carbocycles. The van der Waals surface area contributed by atoms with Crippen molar-refractivity contribution < 1.29 is 23.8 Å². The Labute approximate surface area is 262 Å². The monoisotopic (exact) mass is 597 g/mol. The van der Waals surface area contributed by atoms with Crippen LogP contribution in [-0.4, -0.2) is 35.4 Å². The van der Waals surface area contributed by atoms with Gasteiger partial charge in [0.05, 0.1) is 18.4 Å². The van der Waals surface area contributed by atoms with E-state index in [9.17, 15) is 9.90 Å². The number of oxazole rings is 1. The molecule has 5 rings (SSSR count). The first-order valence-corrected chi connectivity index (χ1v) is 16.5. The highest BCUT2D eigenvalue weighted by molar-refractivity contribution is 5.77. The molecule has 0 bridgehead atoms. The number of carboxylic acids is 1. The number of unbranched alkanes of at least 4 members (excludes halogenated alkanes) is 2. The number of carbonyl (C=O) groups is 1. The summed E-state index contributed by atoms with van der Waals surface area (Å²) in [5, 5.41) is 9.23. The second kappa shape index (κ2) is 15.9. The third-order valence-electron chi connectivity index (χ3n) is 8.94. The van der Waals surface area contributed by atoms with Gasteiger partial charge < -0.3 is 19.0 Å². The first-order valence-electron chi connectivity index (χ1n) is 16.5. The molecule has 1 atom stereocenters. The van der Waals surface area contributed by atoms with Crippen LogP contribution in [0.25, 0.3) is 11.1 Å². The summed E-state index contributed by atoms with van der Waals surface area (Å²) in [6.07, 6.45) is 16.2. The van der Waals surface area contributed by atoms with E-state index in [-0.39, 0.29) is 6.42 Å². The molecular weight excluding hydrogens is 550 g/mol. The highest BCUT2D eigenvalue weighted by atomic mass is 16.5. The van der Waals surface area contributed by atoms with Crippen LogP contribution in [0.2, 0.25) is 0 Å². The van der Waals surface area contributed by atoms with Crippen LogP contribution < -0.4 is 4.74 Å². The molecule has 1 heterocycles. The molecule has 2 aromatic carbocycles. The number of rotatable bonds is 16. The maximum atomic E-state index is 11.2. The molecule has 0 radical (unpaired) electrons. The Kier molecular flexibility index (Phi) is 11.5. The van der Waals surface area contributed by atoms with Crippen molar-refractivity contribution in [2.75, 3.05) is 13.2 Å². The van der Waals surface area contributed by atoms with Crippen molar-refractivity contribution in [3.63, 3.8) is 0 Å². The van der Waals surface area contributed by atoms with Gasteiger partial charge >= 0.3 is 5.97 Å². The Bertz CT molecular complexity index is 1430. The lowest BCUT2D eigenvalue weighted by Gasteiger charge is -2.20. The molecule has 6 nitrogen and oxygen atoms in total. The average Bonchev–Trinajstić information content (AvgIpc) is 3.68. The fourth-order valence-electron chi connectivity index (χ4n) is 6.40. The van der Waals surface area contributed by atoms with E-state index in [1.54, 1.807) is 0 Å². The van der Waals surface area contributed by atoms with Gasteiger partial charge in [0.1, 0.15) is 11.5 Å². The number of carboxylic acid groups (broad SMARTS) is 1. The van der Waals surface area contributed by atoms with Crippen molar-refractivity contribution in [1.29, 1.82) is 0 Å². The van der Waals surface area contributed by atoms with Crippen LogP contribution in [-0.2, 0) is 28.8 Å². The number of aryl methyl sites for hydroxylation is 3. The first-order chi connectivity index (χ1) is 21.5. The Morgan fingerprint density at radius 2 is 1.77 bits per heavy atom. The van der Waals surface area contributed by atoms with E-state index in [1.165, 1.54) is 42.4 Å². The SMILES string of the molecule is Cc1oc(C2=CC=C(c3ccccc3)C(C)C2)nc1CCOc1ccc(CCC(=O)O)c(CCCCCOC2CCCC2)c1. The normalized spacial score (nSPS) is 17.0. The highest BCUT2D eigenvalue weighted by Gasteiger charge is 2.21. The summed E-state index contributed by atoms with van der Waals surface area (Å²) >= 11 is 0. The van der Waals surface area contributed by atoms with Crippen LogP contribution in [0.4, 0.5) is 0 Å². The van der Waals surface area contributed by atoms with Crippen molar-refractivity contribution in [2.45, 2.75) is 97.0 Å². The van der Waals surface area contributed by atoms with Crippen LogP contribution in [0.1, 0.15) is 98.7 Å². The Morgan fingerprint density at radius 1 is 0.955 bits per heavy atom. The molecule has 6 heteroatoms. The van der Waals surface area contributed by atoms with Crippen LogP contribution in [0.5, 0.6) is 5.75 Å². The summed E-state index contributed by atoms with van der Waals surface area (Å²) in [6, 6.07) is 16.6. The summed E-state index contributed by atoms with van der Waals surface area (Å²) in [6.45, 7) is 5.55. The van der Waals surface area contributed by atoms with E-state index >= 15 is 0 Å². The topological polar surface area (TPSA) is 81.8 Å². The molecule has 44 heavy (non-hydrogen) atoms. The van der Waals surface area contributed by atoms with E-state index in [4.69, 9.17) is 18.9 Å². The van der Waals surface area contributed by atoms with Gasteiger partial charge in [0.2, 0.25) is 5.89 Å². The third-order valence-corrected chi connectivity index (χ3v) is 8.94. The molecule has 1 fully saturated rings. The third kappa shape index (κ3) is 8.95. The second-order valence-corrected chi connectivity index (χ2v) is 12.3. The minimum Gasteiger partial charge on any atom is -0.493 e. The molecule has 3 aromatic rings. The predicted molar refractivity (Wildman–Crippen MR) is 175 cm³/mol. The Hall–Kier alpha value is -3.64. The van der Waals surface area contributed by atoms with E-state index < -0.39 is 5.97 Å². The summed E-state index contributed by atoms with van der Waals surface area (Å²) in [5.74, 6) is 1.96. The number of allylic oxidation sites excluding steroid dienone is 4. The van der Waals surface area contributed by atoms with Crippen molar-refractivity contribution in [3.05, 3.63) is 94.7 Å². The zero-order valence-electron chi connectivity index (χ0n) is 26.4. The van der Waals surface area contributed by atoms with Gasteiger partial charge in [-0.3, -0.25) is 4.79 Å². The molecule has 1 unspecified atom stereocenters. The molecular formula is C38H47NO5. The number of aliphatic carboxylic acids is 1. The fourth-order valence-corrected chi connectivity index (χ4v) is 6.40. The van der Waals surface area contributed by atoms with Gasteiger partial charge in [0, 0.05) is 25.0 Å². The standard InChI is InChI=1S/C38H47NO5/c1-27-25-32(17-20-35(27)30-11-5-3-6-12-30)38-39-36(28(2)44-38)22-24-43-34-19-16-29(18-21-37(40)41)31(26-34)13-7-4-10-23-42-33-14-8-9-15-33/h3,5-6,11-12,16-17,19-20,26-27,33H,4,7-10,13-15,18,21-25H2,1-2H3,(H,40,41). The number of aromatic nitrogens is 1. The van der Waals surface area contributed by atoms with Crippen molar-refractivity contribution in [3.8, 4) is 5.75 Å². The first kappa shape index (κ1) is 31.8. The highest BCUT2D eigenvalue weighted by Crippen LogP contribution is 2.36. The Balaban J connectivity index is 1.14. The number of hydrogen-bond acceptors (Lipinski definition) is 5. The lowest BCUT2D eigenvalue weighted by molar-refractivity contribution is -0.136. The van der Waals surface area contributed by atoms with Crippen LogP contribution >= 0.6 is 0 Å². The molecule has 1 aromatic heterocycles. The molecule has 2 aliphatic rings. The van der Waals surface area contributed by atoms with Crippen LogP contribution in [0, 0.1) is 12.8 Å². The molecule has 0 amide bonds. The number of nitrogens with zero attached hydrogens (tertiary/aromatic N) is 1. The molecule has 0 saturated heterocycles. The van der Waals surface area contributed by atoms with Crippen LogP contribution in [0.15, 0.2) is 65.1 Å². The summed E-state index contributed by atoms with van der Waals surface area (Å²) < 4.78 is 18.3. The summed E-state index contributed by atoms with van der Waals surface area (Å²) in [7, 11) is 0. The fraction of sp³-hybridized carbons (Fsp3) is 0.474. The van der Waals surface area contributed by atoms with E-state index in [2.05, 4.69) is 49.4 Å². The van der Waals surface area contributed by atoms with Gasteiger partial charge in [-0.05, 0) is 92.2 Å². The molecule has 2 aliphatic carbocycles. The van der Waals surface area contributed by atoms with Crippen LogP contribution in [0.3, 0.4) is 0 Å². The zero-order valence-corrected chi connectivity index (χ0v) is 26.4. The largest absolute Gasteiger partial charge is 0.493 e. The number of ether oxygens (including phenoxy) is 2. The van der Waals surface area contributed by atoms with Crippen molar-refractivity contribution in [2.24, 2.45) is 5.92 Å². The van der Waals surface area contributed by atoms with Gasteiger partial charge in [-0.15, -0.1) is 0 Å². The predicted octanol–water partition coefficient (Wildman–Crippen LogP) is 8.80.